The van der Waals surface area contributed by atoms with Crippen molar-refractivity contribution in [1.29, 1.82) is 0 Å². The van der Waals surface area contributed by atoms with E-state index in [-0.39, 0.29) is 0 Å². The van der Waals surface area contributed by atoms with Gasteiger partial charge < -0.3 is 28.4 Å². The molecule has 0 fully saturated rings. The second-order valence-electron chi connectivity index (χ2n) is 11.7. The van der Waals surface area contributed by atoms with Crippen LogP contribution in [0.3, 0.4) is 0 Å². The van der Waals surface area contributed by atoms with Crippen LogP contribution in [0.15, 0.2) is 0 Å². The molecule has 0 rings (SSSR count). The van der Waals surface area contributed by atoms with Gasteiger partial charge in [0.15, 0.2) is 0 Å². The van der Waals surface area contributed by atoms with Gasteiger partial charge in [-0.15, -0.1) is 0 Å². The van der Waals surface area contributed by atoms with Gasteiger partial charge >= 0.3 is 0 Å². The van der Waals surface area contributed by atoms with E-state index >= 15 is 0 Å². The number of rotatable bonds is 39. The van der Waals surface area contributed by atoms with Crippen LogP contribution in [-0.4, -0.2) is 79.3 Å². The molecule has 0 N–H and O–H groups in total. The van der Waals surface area contributed by atoms with Crippen LogP contribution in [0.25, 0.3) is 0 Å². The minimum atomic E-state index is 0.584. The number of hydrogen-bond acceptors (Lipinski definition) is 6. The third kappa shape index (κ3) is 39.8. The largest absolute Gasteiger partial charge is 0.379 e. The molecule has 6 nitrogen and oxygen atoms in total. The summed E-state index contributed by atoms with van der Waals surface area (Å²) in [5.74, 6) is 0. The Hall–Kier alpha value is -0.240. The Labute approximate surface area is 262 Å². The summed E-state index contributed by atoms with van der Waals surface area (Å²) >= 11 is 0. The SMILES string of the molecule is CCCCCCCCCCCCCOCCOCCOCCOCCOCCOCCCCCCCCCCCCC. The molecule has 0 amide bonds. The zero-order chi connectivity index (χ0) is 30.3. The van der Waals surface area contributed by atoms with E-state index in [4.69, 9.17) is 28.4 Å². The van der Waals surface area contributed by atoms with Crippen molar-refractivity contribution in [1.82, 2.24) is 0 Å². The molecule has 0 aliphatic rings. The lowest BCUT2D eigenvalue weighted by atomic mass is 10.1. The van der Waals surface area contributed by atoms with E-state index in [0.717, 1.165) is 26.1 Å². The number of unbranched alkanes of at least 4 members (excludes halogenated alkanes) is 20. The minimum Gasteiger partial charge on any atom is -0.379 e. The maximum atomic E-state index is 5.67. The second-order valence-corrected chi connectivity index (χ2v) is 11.7. The molecular weight excluding hydrogens is 528 g/mol. The zero-order valence-electron chi connectivity index (χ0n) is 28.5. The summed E-state index contributed by atoms with van der Waals surface area (Å²) in [5.41, 5.74) is 0. The third-order valence-corrected chi connectivity index (χ3v) is 7.64. The van der Waals surface area contributed by atoms with Crippen molar-refractivity contribution >= 4 is 0 Å². The lowest BCUT2D eigenvalue weighted by Crippen LogP contribution is -2.14. The highest BCUT2D eigenvalue weighted by Gasteiger charge is 1.97. The van der Waals surface area contributed by atoms with E-state index in [9.17, 15) is 0 Å². The quantitative estimate of drug-likeness (QED) is 0.0653. The summed E-state index contributed by atoms with van der Waals surface area (Å²) in [7, 11) is 0. The Morgan fingerprint density at radius 2 is 0.357 bits per heavy atom. The van der Waals surface area contributed by atoms with Crippen molar-refractivity contribution in [3.05, 3.63) is 0 Å². The normalized spacial score (nSPS) is 11.6. The molecule has 0 radical (unpaired) electrons. The lowest BCUT2D eigenvalue weighted by molar-refractivity contribution is -0.0169. The molecule has 0 heterocycles. The van der Waals surface area contributed by atoms with Gasteiger partial charge in [-0.05, 0) is 12.8 Å². The van der Waals surface area contributed by atoms with Crippen molar-refractivity contribution in [2.45, 2.75) is 155 Å². The van der Waals surface area contributed by atoms with Crippen LogP contribution in [0.4, 0.5) is 0 Å². The molecule has 0 saturated carbocycles. The summed E-state index contributed by atoms with van der Waals surface area (Å²) < 4.78 is 33.5. The fourth-order valence-corrected chi connectivity index (χ4v) is 4.94. The van der Waals surface area contributed by atoms with Crippen LogP contribution in [0.1, 0.15) is 155 Å². The van der Waals surface area contributed by atoms with Crippen molar-refractivity contribution in [3.8, 4) is 0 Å². The minimum absolute atomic E-state index is 0.584. The highest BCUT2D eigenvalue weighted by molar-refractivity contribution is 4.49. The average molecular weight is 603 g/mol. The predicted molar refractivity (Wildman–Crippen MR) is 178 cm³/mol. The monoisotopic (exact) mass is 603 g/mol. The van der Waals surface area contributed by atoms with Crippen LogP contribution in [0.2, 0.25) is 0 Å². The van der Waals surface area contributed by atoms with Crippen molar-refractivity contribution in [2.75, 3.05) is 79.3 Å². The summed E-state index contributed by atoms with van der Waals surface area (Å²) in [6.45, 7) is 12.4. The molecule has 0 saturated heterocycles. The van der Waals surface area contributed by atoms with E-state index in [2.05, 4.69) is 13.8 Å². The third-order valence-electron chi connectivity index (χ3n) is 7.64. The Kier molecular flexibility index (Phi) is 40.5. The van der Waals surface area contributed by atoms with Crippen LogP contribution in [-0.2, 0) is 28.4 Å². The Bertz CT molecular complexity index is 411. The zero-order valence-corrected chi connectivity index (χ0v) is 28.5. The van der Waals surface area contributed by atoms with Gasteiger partial charge in [0.1, 0.15) is 0 Å². The smallest absolute Gasteiger partial charge is 0.0701 e. The van der Waals surface area contributed by atoms with E-state index in [1.165, 1.54) is 128 Å². The summed E-state index contributed by atoms with van der Waals surface area (Å²) in [6.07, 6.45) is 30.0. The lowest BCUT2D eigenvalue weighted by Gasteiger charge is -2.08. The Balaban J connectivity index is 3.02. The summed E-state index contributed by atoms with van der Waals surface area (Å²) in [4.78, 5) is 0. The van der Waals surface area contributed by atoms with Crippen molar-refractivity contribution in [3.63, 3.8) is 0 Å². The highest BCUT2D eigenvalue weighted by Crippen LogP contribution is 2.12. The standard InChI is InChI=1S/C36H74O6/c1-3-5-7-9-11-13-15-17-19-21-23-25-37-27-29-39-31-33-41-35-36-42-34-32-40-30-28-38-26-24-22-20-18-16-14-12-10-8-6-4-2/h3-36H2,1-2H3. The first-order valence-corrected chi connectivity index (χ1v) is 18.4. The van der Waals surface area contributed by atoms with Crippen LogP contribution >= 0.6 is 0 Å². The summed E-state index contributed by atoms with van der Waals surface area (Å²) in [6, 6.07) is 0. The number of ether oxygens (including phenoxy) is 6. The molecule has 0 spiro atoms. The maximum Gasteiger partial charge on any atom is 0.0701 e. The van der Waals surface area contributed by atoms with Gasteiger partial charge in [0.05, 0.1) is 66.1 Å². The maximum absolute atomic E-state index is 5.67. The van der Waals surface area contributed by atoms with Gasteiger partial charge in [-0.1, -0.05) is 142 Å². The molecule has 42 heavy (non-hydrogen) atoms. The van der Waals surface area contributed by atoms with Gasteiger partial charge in [0.2, 0.25) is 0 Å². The van der Waals surface area contributed by atoms with E-state index < -0.39 is 0 Å². The van der Waals surface area contributed by atoms with E-state index in [1.54, 1.807) is 0 Å². The Morgan fingerprint density at radius 3 is 0.571 bits per heavy atom. The molecule has 0 aliphatic carbocycles. The van der Waals surface area contributed by atoms with E-state index in [1.807, 2.05) is 0 Å². The second kappa shape index (κ2) is 40.8. The van der Waals surface area contributed by atoms with Crippen LogP contribution in [0.5, 0.6) is 0 Å². The Morgan fingerprint density at radius 1 is 0.190 bits per heavy atom. The van der Waals surface area contributed by atoms with E-state index in [0.29, 0.717) is 66.1 Å². The summed E-state index contributed by atoms with van der Waals surface area (Å²) in [5, 5.41) is 0. The fraction of sp³-hybridized carbons (Fsp3) is 1.00. The van der Waals surface area contributed by atoms with Gasteiger partial charge in [-0.2, -0.15) is 0 Å². The first-order valence-electron chi connectivity index (χ1n) is 18.4. The first-order chi connectivity index (χ1) is 20.9. The van der Waals surface area contributed by atoms with Gasteiger partial charge in [-0.25, -0.2) is 0 Å². The van der Waals surface area contributed by atoms with Gasteiger partial charge in [0.25, 0.3) is 0 Å². The molecule has 0 aromatic heterocycles. The molecular formula is C36H74O6. The van der Waals surface area contributed by atoms with Crippen LogP contribution < -0.4 is 0 Å². The molecule has 0 aliphatic heterocycles. The van der Waals surface area contributed by atoms with Gasteiger partial charge in [0, 0.05) is 13.2 Å². The molecule has 0 bridgehead atoms. The molecule has 0 aromatic carbocycles. The number of hydrogen-bond donors (Lipinski definition) is 0. The first kappa shape index (κ1) is 41.8. The molecule has 6 heteroatoms. The predicted octanol–water partition coefficient (Wildman–Crippen LogP) is 9.71. The topological polar surface area (TPSA) is 55.4 Å². The molecule has 254 valence electrons. The molecule has 0 unspecified atom stereocenters. The van der Waals surface area contributed by atoms with Crippen molar-refractivity contribution < 1.29 is 28.4 Å². The average Bonchev–Trinajstić information content (AvgIpc) is 3.00. The van der Waals surface area contributed by atoms with Crippen LogP contribution in [0, 0.1) is 0 Å². The molecule has 0 aromatic rings. The van der Waals surface area contributed by atoms with Gasteiger partial charge in [-0.3, -0.25) is 0 Å². The molecule has 0 atom stereocenters. The highest BCUT2D eigenvalue weighted by atomic mass is 16.6. The fourth-order valence-electron chi connectivity index (χ4n) is 4.94. The van der Waals surface area contributed by atoms with Crippen molar-refractivity contribution in [2.24, 2.45) is 0 Å².